The highest BCUT2D eigenvalue weighted by molar-refractivity contribution is 8.00. The van der Waals surface area contributed by atoms with Crippen molar-refractivity contribution < 1.29 is 14.3 Å². The Kier molecular flexibility index (Phi) is 5.85. The molecule has 1 N–H and O–H groups in total. The maximum absolute atomic E-state index is 12.0. The average Bonchev–Trinajstić information content (AvgIpc) is 3.09. The van der Waals surface area contributed by atoms with Gasteiger partial charge in [0.2, 0.25) is 0 Å². The zero-order chi connectivity index (χ0) is 18.5. The topological polar surface area (TPSA) is 81.2 Å². The van der Waals surface area contributed by atoms with E-state index in [1.807, 2.05) is 32.0 Å². The lowest BCUT2D eigenvalue weighted by Gasteiger charge is -2.08. The van der Waals surface area contributed by atoms with Crippen LogP contribution in [0.1, 0.15) is 11.1 Å². The number of ether oxygens (including phenoxy) is 1. The minimum atomic E-state index is -0.432. The monoisotopic (exact) mass is 387 g/mol. The van der Waals surface area contributed by atoms with Gasteiger partial charge in [0, 0.05) is 4.90 Å². The van der Waals surface area contributed by atoms with Crippen molar-refractivity contribution in [2.75, 3.05) is 17.7 Å². The predicted molar refractivity (Wildman–Crippen MR) is 104 cm³/mol. The van der Waals surface area contributed by atoms with Crippen molar-refractivity contribution in [2.24, 2.45) is 0 Å². The zero-order valence-electron chi connectivity index (χ0n) is 14.3. The number of amides is 1. The molecule has 1 aromatic heterocycles. The van der Waals surface area contributed by atoms with E-state index in [2.05, 4.69) is 20.1 Å². The van der Waals surface area contributed by atoms with Crippen LogP contribution in [-0.2, 0) is 14.3 Å². The van der Waals surface area contributed by atoms with E-state index in [9.17, 15) is 9.59 Å². The largest absolute Gasteiger partial charge is 0.455 e. The van der Waals surface area contributed by atoms with Crippen LogP contribution in [0.5, 0.6) is 0 Å². The molecule has 0 radical (unpaired) electrons. The number of nitrogens with one attached hydrogen (secondary N) is 1. The molecule has 0 saturated carbocycles. The molecule has 8 heteroatoms. The second kappa shape index (κ2) is 8.29. The van der Waals surface area contributed by atoms with Gasteiger partial charge in [0.05, 0.1) is 23.2 Å². The summed E-state index contributed by atoms with van der Waals surface area (Å²) in [7, 11) is 0. The summed E-state index contributed by atoms with van der Waals surface area (Å²) in [5.41, 5.74) is 4.20. The van der Waals surface area contributed by atoms with Gasteiger partial charge >= 0.3 is 5.97 Å². The van der Waals surface area contributed by atoms with Crippen molar-refractivity contribution in [3.8, 4) is 0 Å². The molecule has 0 aliphatic rings. The molecule has 0 atom stereocenters. The second-order valence-corrected chi connectivity index (χ2v) is 7.25. The van der Waals surface area contributed by atoms with E-state index in [1.165, 1.54) is 17.3 Å². The molecule has 0 saturated heterocycles. The second-order valence-electron chi connectivity index (χ2n) is 5.70. The third kappa shape index (κ3) is 4.59. The van der Waals surface area contributed by atoms with Crippen LogP contribution < -0.4 is 5.32 Å². The normalized spacial score (nSPS) is 10.7. The first-order chi connectivity index (χ1) is 12.5. The Morgan fingerprint density at radius 2 is 2.04 bits per heavy atom. The number of nitrogens with zero attached hydrogens (tertiary/aromatic N) is 2. The van der Waals surface area contributed by atoms with E-state index < -0.39 is 11.9 Å². The number of hydrogen-bond acceptors (Lipinski definition) is 7. The summed E-state index contributed by atoms with van der Waals surface area (Å²) in [5, 5.41) is 2.70. The highest BCUT2D eigenvalue weighted by Crippen LogP contribution is 2.23. The number of hydrogen-bond donors (Lipinski definition) is 1. The number of anilines is 1. The maximum atomic E-state index is 12.0. The number of carbonyl (C=O) groups excluding carboxylic acids is 2. The quantitative estimate of drug-likeness (QED) is 0.514. The molecule has 0 spiro atoms. The maximum Gasteiger partial charge on any atom is 0.316 e. The summed E-state index contributed by atoms with van der Waals surface area (Å²) in [6.07, 6.45) is 0. The molecule has 0 unspecified atom stereocenters. The minimum absolute atomic E-state index is 0.156. The Hall–Kier alpha value is -2.45. The van der Waals surface area contributed by atoms with Crippen LogP contribution in [0.15, 0.2) is 41.3 Å². The van der Waals surface area contributed by atoms with E-state index in [0.29, 0.717) is 11.2 Å². The number of thioether (sulfide) groups is 1. The van der Waals surface area contributed by atoms with Gasteiger partial charge in [0.1, 0.15) is 11.0 Å². The van der Waals surface area contributed by atoms with Crippen molar-refractivity contribution in [1.82, 2.24) is 8.75 Å². The molecular formula is C18H17N3O3S2. The number of aryl methyl sites for hydroxylation is 2. The summed E-state index contributed by atoms with van der Waals surface area (Å²) in [4.78, 5) is 24.9. The van der Waals surface area contributed by atoms with Crippen LogP contribution in [0.25, 0.3) is 11.0 Å². The van der Waals surface area contributed by atoms with Crippen LogP contribution in [0.4, 0.5) is 5.69 Å². The smallest absolute Gasteiger partial charge is 0.316 e. The third-order valence-electron chi connectivity index (χ3n) is 3.60. The molecule has 0 bridgehead atoms. The SMILES string of the molecule is Cc1ccc(SCC(=O)OCC(=O)Nc2cccc3nsnc23)c(C)c1. The van der Waals surface area contributed by atoms with Gasteiger partial charge in [-0.25, -0.2) is 0 Å². The number of fused-ring (bicyclic) bond motifs is 1. The lowest BCUT2D eigenvalue weighted by molar-refractivity contribution is -0.144. The molecular weight excluding hydrogens is 370 g/mol. The van der Waals surface area contributed by atoms with Gasteiger partial charge in [-0.05, 0) is 37.6 Å². The molecule has 6 nitrogen and oxygen atoms in total. The van der Waals surface area contributed by atoms with E-state index in [-0.39, 0.29) is 12.4 Å². The van der Waals surface area contributed by atoms with E-state index in [0.717, 1.165) is 27.7 Å². The molecule has 3 aromatic rings. The summed E-state index contributed by atoms with van der Waals surface area (Å²) in [6, 6.07) is 11.4. The fourth-order valence-electron chi connectivity index (χ4n) is 2.38. The molecule has 2 aromatic carbocycles. The van der Waals surface area contributed by atoms with Crippen molar-refractivity contribution >= 4 is 52.1 Å². The minimum Gasteiger partial charge on any atom is -0.455 e. The molecule has 0 fully saturated rings. The Bertz CT molecular complexity index is 956. The Morgan fingerprint density at radius 3 is 2.85 bits per heavy atom. The van der Waals surface area contributed by atoms with Gasteiger partial charge in [-0.3, -0.25) is 9.59 Å². The predicted octanol–water partition coefficient (Wildman–Crippen LogP) is 3.58. The van der Waals surface area contributed by atoms with E-state index in [1.54, 1.807) is 12.1 Å². The average molecular weight is 387 g/mol. The summed E-state index contributed by atoms with van der Waals surface area (Å²) in [5.74, 6) is -0.683. The van der Waals surface area contributed by atoms with Gasteiger partial charge in [-0.15, -0.1) is 11.8 Å². The Labute approximate surface area is 159 Å². The third-order valence-corrected chi connectivity index (χ3v) is 5.29. The highest BCUT2D eigenvalue weighted by Gasteiger charge is 2.12. The number of aromatic nitrogens is 2. The summed E-state index contributed by atoms with van der Waals surface area (Å²) < 4.78 is 13.3. The highest BCUT2D eigenvalue weighted by atomic mass is 32.2. The van der Waals surface area contributed by atoms with Crippen LogP contribution >= 0.6 is 23.5 Å². The van der Waals surface area contributed by atoms with Crippen molar-refractivity contribution in [3.05, 3.63) is 47.5 Å². The zero-order valence-corrected chi connectivity index (χ0v) is 15.9. The van der Waals surface area contributed by atoms with Crippen LogP contribution in [0.2, 0.25) is 0 Å². The van der Waals surface area contributed by atoms with Crippen LogP contribution in [-0.4, -0.2) is 33.0 Å². The van der Waals surface area contributed by atoms with Gasteiger partial charge < -0.3 is 10.1 Å². The fraction of sp³-hybridized carbons (Fsp3) is 0.222. The fourth-order valence-corrected chi connectivity index (χ4v) is 3.74. The first kappa shape index (κ1) is 18.3. The van der Waals surface area contributed by atoms with Gasteiger partial charge in [-0.2, -0.15) is 8.75 Å². The van der Waals surface area contributed by atoms with Gasteiger partial charge in [0.15, 0.2) is 6.61 Å². The molecule has 1 heterocycles. The number of esters is 1. The summed E-state index contributed by atoms with van der Waals surface area (Å²) in [6.45, 7) is 3.69. The molecule has 0 aliphatic carbocycles. The van der Waals surface area contributed by atoms with Gasteiger partial charge in [-0.1, -0.05) is 23.8 Å². The lowest BCUT2D eigenvalue weighted by atomic mass is 10.2. The molecule has 0 aliphatic heterocycles. The number of benzene rings is 2. The van der Waals surface area contributed by atoms with Gasteiger partial charge in [0.25, 0.3) is 5.91 Å². The number of rotatable bonds is 6. The van der Waals surface area contributed by atoms with E-state index in [4.69, 9.17) is 4.74 Å². The summed E-state index contributed by atoms with van der Waals surface area (Å²) >= 11 is 2.48. The first-order valence-electron chi connectivity index (χ1n) is 7.90. The van der Waals surface area contributed by atoms with Crippen LogP contribution in [0, 0.1) is 13.8 Å². The molecule has 26 heavy (non-hydrogen) atoms. The van der Waals surface area contributed by atoms with Crippen molar-refractivity contribution in [3.63, 3.8) is 0 Å². The molecule has 3 rings (SSSR count). The lowest BCUT2D eigenvalue weighted by Crippen LogP contribution is -2.21. The first-order valence-corrected chi connectivity index (χ1v) is 9.61. The molecule has 1 amide bonds. The van der Waals surface area contributed by atoms with Crippen molar-refractivity contribution in [2.45, 2.75) is 18.7 Å². The number of carbonyl (C=O) groups is 2. The molecule has 134 valence electrons. The standard InChI is InChI=1S/C18H17N3O3S2/c1-11-6-7-15(12(2)8-11)25-10-17(23)24-9-16(22)19-13-4-3-5-14-18(13)21-26-20-14/h3-8H,9-10H2,1-2H3,(H,19,22). The Balaban J connectivity index is 1.48. The Morgan fingerprint density at radius 1 is 1.19 bits per heavy atom. The van der Waals surface area contributed by atoms with Crippen molar-refractivity contribution in [1.29, 1.82) is 0 Å². The van der Waals surface area contributed by atoms with E-state index >= 15 is 0 Å². The van der Waals surface area contributed by atoms with Crippen LogP contribution in [0.3, 0.4) is 0 Å².